The zero-order chi connectivity index (χ0) is 18.8. The van der Waals surface area contributed by atoms with Crippen LogP contribution >= 0.6 is 23.1 Å². The first-order valence-electron chi connectivity index (χ1n) is 8.49. The minimum atomic E-state index is -0.0496. The summed E-state index contributed by atoms with van der Waals surface area (Å²) >= 11 is 3.08. The molecule has 1 N–H and O–H groups in total. The minimum absolute atomic E-state index is 0.0496. The number of amides is 1. The highest BCUT2D eigenvalue weighted by Gasteiger charge is 2.18. The molecule has 2 aromatic heterocycles. The highest BCUT2D eigenvalue weighted by atomic mass is 32.2. The molecular weight excluding hydrogens is 376 g/mol. The number of carbonyl (C=O) groups is 1. The van der Waals surface area contributed by atoms with Gasteiger partial charge in [-0.1, -0.05) is 36.0 Å². The molecule has 2 aromatic carbocycles. The summed E-state index contributed by atoms with van der Waals surface area (Å²) in [6, 6.07) is 15.9. The maximum atomic E-state index is 12.2. The molecule has 0 unspecified atom stereocenters. The summed E-state index contributed by atoms with van der Waals surface area (Å²) in [5.41, 5.74) is 4.87. The first-order valence-corrected chi connectivity index (χ1v) is 10.4. The topological polar surface area (TPSA) is 61.9 Å². The fourth-order valence-corrected chi connectivity index (χ4v) is 4.57. The maximum absolute atomic E-state index is 12.2. The number of imidazole rings is 1. The number of para-hydroxylation sites is 2. The number of aromatic nitrogens is 3. The largest absolute Gasteiger partial charge is 0.333 e. The van der Waals surface area contributed by atoms with Gasteiger partial charge in [0.1, 0.15) is 0 Å². The van der Waals surface area contributed by atoms with Crippen LogP contribution in [0.25, 0.3) is 11.0 Å². The van der Waals surface area contributed by atoms with E-state index in [4.69, 9.17) is 0 Å². The van der Waals surface area contributed by atoms with E-state index >= 15 is 0 Å². The Kier molecular flexibility index (Phi) is 4.96. The Morgan fingerprint density at radius 2 is 2.04 bits per heavy atom. The number of nitrogens with zero attached hydrogens (tertiary/aromatic N) is 3. The molecule has 0 saturated carbocycles. The molecule has 0 bridgehead atoms. The van der Waals surface area contributed by atoms with Gasteiger partial charge in [0.05, 0.1) is 22.4 Å². The number of hydrogen-bond donors (Lipinski definition) is 1. The van der Waals surface area contributed by atoms with Crippen molar-refractivity contribution in [3.05, 3.63) is 65.2 Å². The van der Waals surface area contributed by atoms with Crippen molar-refractivity contribution in [2.75, 3.05) is 4.90 Å². The maximum Gasteiger partial charge on any atom is 0.230 e. The lowest BCUT2D eigenvalue weighted by Gasteiger charge is -2.18. The third kappa shape index (κ3) is 3.89. The second-order valence-electron chi connectivity index (χ2n) is 6.16. The molecule has 0 radical (unpaired) electrons. The van der Waals surface area contributed by atoms with Crippen LogP contribution in [0.15, 0.2) is 59.1 Å². The van der Waals surface area contributed by atoms with Gasteiger partial charge >= 0.3 is 0 Å². The molecule has 0 spiro atoms. The van der Waals surface area contributed by atoms with Crippen LogP contribution in [0.4, 0.5) is 10.8 Å². The van der Waals surface area contributed by atoms with E-state index in [9.17, 15) is 4.79 Å². The summed E-state index contributed by atoms with van der Waals surface area (Å²) in [5.74, 6) is 0.641. The lowest BCUT2D eigenvalue weighted by Crippen LogP contribution is -2.22. The van der Waals surface area contributed by atoms with Gasteiger partial charge < -0.3 is 4.98 Å². The van der Waals surface area contributed by atoms with E-state index in [1.165, 1.54) is 11.3 Å². The van der Waals surface area contributed by atoms with Crippen molar-refractivity contribution in [1.29, 1.82) is 0 Å². The molecule has 0 aliphatic carbocycles. The van der Waals surface area contributed by atoms with Crippen molar-refractivity contribution >= 4 is 50.9 Å². The molecule has 0 aliphatic rings. The van der Waals surface area contributed by atoms with E-state index < -0.39 is 0 Å². The molecule has 0 saturated heterocycles. The number of H-pyrrole nitrogens is 1. The van der Waals surface area contributed by atoms with Gasteiger partial charge in [-0.15, -0.1) is 11.3 Å². The molecule has 1 amide bonds. The standard InChI is InChI=1S/C20H18N4OS2/c1-13-6-5-7-16(10-13)24(14(2)25)20-21-15(12-27-20)11-26-19-22-17-8-3-4-9-18(17)23-19/h3-10,12H,11H2,1-2H3,(H,22,23). The highest BCUT2D eigenvalue weighted by molar-refractivity contribution is 7.98. The summed E-state index contributed by atoms with van der Waals surface area (Å²) < 4.78 is 0. The Labute approximate surface area is 165 Å². The third-order valence-electron chi connectivity index (χ3n) is 4.03. The van der Waals surface area contributed by atoms with Gasteiger partial charge in [0.2, 0.25) is 5.91 Å². The van der Waals surface area contributed by atoms with E-state index in [1.807, 2.05) is 60.8 Å². The van der Waals surface area contributed by atoms with Crippen molar-refractivity contribution < 1.29 is 4.79 Å². The lowest BCUT2D eigenvalue weighted by atomic mass is 10.2. The van der Waals surface area contributed by atoms with Gasteiger partial charge in [0.15, 0.2) is 10.3 Å². The van der Waals surface area contributed by atoms with Gasteiger partial charge in [-0.25, -0.2) is 9.97 Å². The van der Waals surface area contributed by atoms with Crippen molar-refractivity contribution in [1.82, 2.24) is 15.0 Å². The molecule has 7 heteroatoms. The molecule has 0 aliphatic heterocycles. The van der Waals surface area contributed by atoms with Crippen LogP contribution in [0.3, 0.4) is 0 Å². The predicted molar refractivity (Wildman–Crippen MR) is 112 cm³/mol. The number of hydrogen-bond acceptors (Lipinski definition) is 5. The molecule has 4 aromatic rings. The Hall–Kier alpha value is -2.64. The van der Waals surface area contributed by atoms with Crippen LogP contribution in [-0.2, 0) is 10.5 Å². The van der Waals surface area contributed by atoms with Crippen LogP contribution < -0.4 is 4.90 Å². The highest BCUT2D eigenvalue weighted by Crippen LogP contribution is 2.31. The number of fused-ring (bicyclic) bond motifs is 1. The van der Waals surface area contributed by atoms with Crippen molar-refractivity contribution in [3.8, 4) is 0 Å². The van der Waals surface area contributed by atoms with E-state index in [0.29, 0.717) is 10.9 Å². The first kappa shape index (κ1) is 17.8. The Bertz CT molecular complexity index is 1070. The first-order chi connectivity index (χ1) is 13.1. The number of aromatic amines is 1. The summed E-state index contributed by atoms with van der Waals surface area (Å²) in [6.07, 6.45) is 0. The van der Waals surface area contributed by atoms with Crippen molar-refractivity contribution in [3.63, 3.8) is 0 Å². The normalized spacial score (nSPS) is 11.0. The quantitative estimate of drug-likeness (QED) is 0.466. The SMILES string of the molecule is CC(=O)N(c1cccc(C)c1)c1nc(CSc2nc3ccccc3[nH]2)cs1. The monoisotopic (exact) mass is 394 g/mol. The number of thioether (sulfide) groups is 1. The zero-order valence-corrected chi connectivity index (χ0v) is 16.6. The number of aryl methyl sites for hydroxylation is 1. The molecule has 2 heterocycles. The molecule has 0 fully saturated rings. The van der Waals surface area contributed by atoms with Crippen LogP contribution in [-0.4, -0.2) is 20.9 Å². The fourth-order valence-electron chi connectivity index (χ4n) is 2.80. The fraction of sp³-hybridized carbons (Fsp3) is 0.150. The number of rotatable bonds is 5. The Morgan fingerprint density at radius 1 is 1.19 bits per heavy atom. The average molecular weight is 395 g/mol. The van der Waals surface area contributed by atoms with E-state index in [2.05, 4.69) is 15.0 Å². The van der Waals surface area contributed by atoms with Crippen LogP contribution in [0.2, 0.25) is 0 Å². The second-order valence-corrected chi connectivity index (χ2v) is 7.96. The summed E-state index contributed by atoms with van der Waals surface area (Å²) in [4.78, 5) is 26.4. The van der Waals surface area contributed by atoms with E-state index in [-0.39, 0.29) is 5.91 Å². The number of nitrogens with one attached hydrogen (secondary N) is 1. The molecular formula is C20H18N4OS2. The molecule has 27 heavy (non-hydrogen) atoms. The number of thiazole rings is 1. The average Bonchev–Trinajstić information content (AvgIpc) is 3.26. The van der Waals surface area contributed by atoms with Gasteiger partial charge in [0, 0.05) is 18.1 Å². The number of carbonyl (C=O) groups excluding carboxylic acids is 1. The van der Waals surface area contributed by atoms with Gasteiger partial charge in [-0.2, -0.15) is 0 Å². The lowest BCUT2D eigenvalue weighted by molar-refractivity contribution is -0.115. The second kappa shape index (κ2) is 7.54. The van der Waals surface area contributed by atoms with Crippen LogP contribution in [0.5, 0.6) is 0 Å². The van der Waals surface area contributed by atoms with Crippen molar-refractivity contribution in [2.45, 2.75) is 24.8 Å². The van der Waals surface area contributed by atoms with Gasteiger partial charge in [0.25, 0.3) is 0 Å². The smallest absolute Gasteiger partial charge is 0.230 e. The Morgan fingerprint density at radius 3 is 2.81 bits per heavy atom. The summed E-state index contributed by atoms with van der Waals surface area (Å²) in [5, 5.41) is 3.55. The summed E-state index contributed by atoms with van der Waals surface area (Å²) in [7, 11) is 0. The Balaban J connectivity index is 1.52. The molecule has 0 atom stereocenters. The van der Waals surface area contributed by atoms with Gasteiger partial charge in [-0.3, -0.25) is 9.69 Å². The van der Waals surface area contributed by atoms with Gasteiger partial charge in [-0.05, 0) is 36.8 Å². The molecule has 136 valence electrons. The number of anilines is 2. The van der Waals surface area contributed by atoms with E-state index in [0.717, 1.165) is 33.1 Å². The number of benzene rings is 2. The van der Waals surface area contributed by atoms with E-state index in [1.54, 1.807) is 23.6 Å². The van der Waals surface area contributed by atoms with Crippen LogP contribution in [0, 0.1) is 6.92 Å². The predicted octanol–water partition coefficient (Wildman–Crippen LogP) is 5.30. The minimum Gasteiger partial charge on any atom is -0.333 e. The van der Waals surface area contributed by atoms with Crippen molar-refractivity contribution in [2.24, 2.45) is 0 Å². The van der Waals surface area contributed by atoms with Crippen LogP contribution in [0.1, 0.15) is 18.2 Å². The summed E-state index contributed by atoms with van der Waals surface area (Å²) in [6.45, 7) is 3.58. The molecule has 4 rings (SSSR count). The molecule has 5 nitrogen and oxygen atoms in total. The zero-order valence-electron chi connectivity index (χ0n) is 15.0. The third-order valence-corrected chi connectivity index (χ3v) is 5.81.